The number of fused-ring (bicyclic) bond motifs is 2. The third-order valence-corrected chi connectivity index (χ3v) is 7.31. The van der Waals surface area contributed by atoms with Crippen LogP contribution in [0.15, 0.2) is 17.5 Å². The Morgan fingerprint density at radius 2 is 2.24 bits per heavy atom. The van der Waals surface area contributed by atoms with Gasteiger partial charge in [0.25, 0.3) is 0 Å². The minimum atomic E-state index is 0.00105. The van der Waals surface area contributed by atoms with Crippen LogP contribution in [-0.4, -0.2) is 12.1 Å². The number of carbonyl (C=O) groups excluding carboxylic acids is 1. The van der Waals surface area contributed by atoms with Gasteiger partial charge in [-0.3, -0.25) is 4.79 Å². The topological polar surface area (TPSA) is 26.3 Å². The van der Waals surface area contributed by atoms with Crippen LogP contribution in [-0.2, 0) is 16.0 Å². The second-order valence-corrected chi connectivity index (χ2v) is 8.55. The minimum absolute atomic E-state index is 0.00105. The molecule has 2 saturated carbocycles. The van der Waals surface area contributed by atoms with Crippen molar-refractivity contribution in [3.8, 4) is 0 Å². The second-order valence-electron chi connectivity index (χ2n) is 7.52. The Balaban J connectivity index is 1.50. The number of ether oxygens (including phenoxy) is 1. The van der Waals surface area contributed by atoms with Gasteiger partial charge in [-0.05, 0) is 54.9 Å². The number of rotatable bonds is 5. The predicted octanol–water partition coefficient (Wildman–Crippen LogP) is 4.83. The second kappa shape index (κ2) is 5.42. The third-order valence-electron chi connectivity index (χ3n) is 6.37. The van der Waals surface area contributed by atoms with Gasteiger partial charge in [-0.1, -0.05) is 26.8 Å². The molecule has 0 spiro atoms. The summed E-state index contributed by atoms with van der Waals surface area (Å²) < 4.78 is 5.87. The van der Waals surface area contributed by atoms with Gasteiger partial charge < -0.3 is 4.74 Å². The molecule has 0 amide bonds. The molecule has 0 radical (unpaired) electrons. The first-order chi connectivity index (χ1) is 9.93. The standard InChI is InChI=1S/C18H26O2S/c1-17(2)13-9-10-18(17,3)15(12-13)20-16(19)8-4-6-14-7-5-11-21-14/h5,7,11,13,15H,4,6,8-10,12H2,1-3H3. The first kappa shape index (κ1) is 15.1. The van der Waals surface area contributed by atoms with Crippen molar-refractivity contribution in [2.24, 2.45) is 16.7 Å². The first-order valence-corrected chi connectivity index (χ1v) is 9.03. The maximum absolute atomic E-state index is 12.1. The molecule has 3 heteroatoms. The Morgan fingerprint density at radius 3 is 2.81 bits per heavy atom. The zero-order valence-electron chi connectivity index (χ0n) is 13.4. The average Bonchev–Trinajstić information content (AvgIpc) is 3.05. The van der Waals surface area contributed by atoms with E-state index in [0.717, 1.165) is 25.2 Å². The normalized spacial score (nSPS) is 33.3. The average molecular weight is 306 g/mol. The highest BCUT2D eigenvalue weighted by molar-refractivity contribution is 7.09. The van der Waals surface area contributed by atoms with Gasteiger partial charge in [0.15, 0.2) is 0 Å². The number of hydrogen-bond donors (Lipinski definition) is 0. The number of aryl methyl sites for hydroxylation is 1. The fraction of sp³-hybridized carbons (Fsp3) is 0.722. The SMILES string of the molecule is CC1(C)C2CCC1(C)C(OC(=O)CCCc1cccs1)C2. The van der Waals surface area contributed by atoms with E-state index >= 15 is 0 Å². The molecule has 2 fully saturated rings. The monoisotopic (exact) mass is 306 g/mol. The van der Waals surface area contributed by atoms with Crippen LogP contribution in [0.5, 0.6) is 0 Å². The van der Waals surface area contributed by atoms with Crippen molar-refractivity contribution in [2.75, 3.05) is 0 Å². The number of carbonyl (C=O) groups is 1. The number of thiophene rings is 1. The summed E-state index contributed by atoms with van der Waals surface area (Å²) in [5, 5.41) is 2.09. The van der Waals surface area contributed by atoms with Gasteiger partial charge in [-0.15, -0.1) is 11.3 Å². The van der Waals surface area contributed by atoms with E-state index in [4.69, 9.17) is 4.74 Å². The van der Waals surface area contributed by atoms with Crippen LogP contribution >= 0.6 is 11.3 Å². The zero-order valence-corrected chi connectivity index (χ0v) is 14.2. The summed E-state index contributed by atoms with van der Waals surface area (Å²) in [6.07, 6.45) is 6.16. The summed E-state index contributed by atoms with van der Waals surface area (Å²) in [4.78, 5) is 13.5. The van der Waals surface area contributed by atoms with E-state index in [1.165, 1.54) is 17.7 Å². The van der Waals surface area contributed by atoms with Gasteiger partial charge in [-0.2, -0.15) is 0 Å². The maximum atomic E-state index is 12.1. The van der Waals surface area contributed by atoms with Crippen molar-refractivity contribution in [3.05, 3.63) is 22.4 Å². The highest BCUT2D eigenvalue weighted by atomic mass is 32.1. The molecule has 0 aromatic carbocycles. The molecule has 116 valence electrons. The molecular formula is C18H26O2S. The number of esters is 1. The molecule has 3 atom stereocenters. The van der Waals surface area contributed by atoms with Gasteiger partial charge in [0.05, 0.1) is 0 Å². The van der Waals surface area contributed by atoms with Gasteiger partial charge in [-0.25, -0.2) is 0 Å². The third kappa shape index (κ3) is 2.54. The lowest BCUT2D eigenvalue weighted by atomic mass is 9.70. The van der Waals surface area contributed by atoms with Gasteiger partial charge in [0.2, 0.25) is 0 Å². The Morgan fingerprint density at radius 1 is 1.43 bits per heavy atom. The largest absolute Gasteiger partial charge is 0.462 e. The van der Waals surface area contributed by atoms with Crippen LogP contribution in [0.3, 0.4) is 0 Å². The van der Waals surface area contributed by atoms with E-state index in [1.54, 1.807) is 11.3 Å². The fourth-order valence-electron chi connectivity index (χ4n) is 4.39. The molecule has 3 unspecified atom stereocenters. The van der Waals surface area contributed by atoms with Crippen LogP contribution in [0.1, 0.15) is 57.8 Å². The van der Waals surface area contributed by atoms with E-state index in [1.807, 2.05) is 0 Å². The molecule has 0 N–H and O–H groups in total. The lowest BCUT2D eigenvalue weighted by molar-refractivity contribution is -0.157. The van der Waals surface area contributed by atoms with Crippen molar-refractivity contribution < 1.29 is 9.53 Å². The molecule has 3 rings (SSSR count). The zero-order chi connectivity index (χ0) is 15.1. The lowest BCUT2D eigenvalue weighted by Crippen LogP contribution is -2.38. The molecular weight excluding hydrogens is 280 g/mol. The van der Waals surface area contributed by atoms with E-state index in [2.05, 4.69) is 38.3 Å². The van der Waals surface area contributed by atoms with Gasteiger partial charge in [0.1, 0.15) is 6.10 Å². The molecule has 1 aromatic rings. The fourth-order valence-corrected chi connectivity index (χ4v) is 5.14. The summed E-state index contributed by atoms with van der Waals surface area (Å²) in [5.41, 5.74) is 0.496. The summed E-state index contributed by atoms with van der Waals surface area (Å²) in [6, 6.07) is 4.20. The summed E-state index contributed by atoms with van der Waals surface area (Å²) in [7, 11) is 0. The molecule has 2 bridgehead atoms. The molecule has 21 heavy (non-hydrogen) atoms. The quantitative estimate of drug-likeness (QED) is 0.728. The molecule has 1 heterocycles. The van der Waals surface area contributed by atoms with Crippen molar-refractivity contribution >= 4 is 17.3 Å². The van der Waals surface area contributed by atoms with Gasteiger partial charge >= 0.3 is 5.97 Å². The minimum Gasteiger partial charge on any atom is -0.462 e. The van der Waals surface area contributed by atoms with Crippen molar-refractivity contribution in [1.82, 2.24) is 0 Å². The Hall–Kier alpha value is -0.830. The van der Waals surface area contributed by atoms with Crippen LogP contribution < -0.4 is 0 Å². The lowest BCUT2D eigenvalue weighted by Gasteiger charge is -2.38. The van der Waals surface area contributed by atoms with Gasteiger partial charge in [0, 0.05) is 16.7 Å². The van der Waals surface area contributed by atoms with Crippen molar-refractivity contribution in [1.29, 1.82) is 0 Å². The molecule has 0 aliphatic heterocycles. The van der Waals surface area contributed by atoms with Crippen LogP contribution in [0.25, 0.3) is 0 Å². The molecule has 2 aliphatic rings. The number of hydrogen-bond acceptors (Lipinski definition) is 3. The Kier molecular flexibility index (Phi) is 3.89. The summed E-state index contributed by atoms with van der Waals surface area (Å²) >= 11 is 1.76. The van der Waals surface area contributed by atoms with E-state index in [9.17, 15) is 4.79 Å². The summed E-state index contributed by atoms with van der Waals surface area (Å²) in [6.45, 7) is 7.04. The van der Waals surface area contributed by atoms with Crippen molar-refractivity contribution in [3.63, 3.8) is 0 Å². The summed E-state index contributed by atoms with van der Waals surface area (Å²) in [5.74, 6) is 0.729. The first-order valence-electron chi connectivity index (χ1n) is 8.15. The molecule has 2 aliphatic carbocycles. The highest BCUT2D eigenvalue weighted by Crippen LogP contribution is 2.66. The van der Waals surface area contributed by atoms with E-state index < -0.39 is 0 Å². The van der Waals surface area contributed by atoms with Crippen LogP contribution in [0, 0.1) is 16.7 Å². The van der Waals surface area contributed by atoms with Crippen molar-refractivity contribution in [2.45, 2.75) is 65.4 Å². The molecule has 0 saturated heterocycles. The van der Waals surface area contributed by atoms with Crippen LogP contribution in [0.4, 0.5) is 0 Å². The van der Waals surface area contributed by atoms with Crippen LogP contribution in [0.2, 0.25) is 0 Å². The maximum Gasteiger partial charge on any atom is 0.306 e. The van der Waals surface area contributed by atoms with E-state index in [-0.39, 0.29) is 17.5 Å². The molecule has 1 aromatic heterocycles. The predicted molar refractivity (Wildman–Crippen MR) is 86.4 cm³/mol. The smallest absolute Gasteiger partial charge is 0.306 e. The Labute approximate surface area is 131 Å². The Bertz CT molecular complexity index is 505. The molecule has 2 nitrogen and oxygen atoms in total. The highest BCUT2D eigenvalue weighted by Gasteiger charge is 2.62. The van der Waals surface area contributed by atoms with E-state index in [0.29, 0.717) is 11.8 Å².